The van der Waals surface area contributed by atoms with Crippen molar-refractivity contribution in [1.82, 2.24) is 0 Å². The maximum absolute atomic E-state index is 5.62. The average Bonchev–Trinajstić information content (AvgIpc) is 2.34. The lowest BCUT2D eigenvalue weighted by Crippen LogP contribution is -2.35. The Morgan fingerprint density at radius 3 is 2.31 bits per heavy atom. The highest BCUT2D eigenvalue weighted by Gasteiger charge is 2.15. The van der Waals surface area contributed by atoms with Crippen molar-refractivity contribution in [3.8, 4) is 0 Å². The maximum Gasteiger partial charge on any atom is 0.140 e. The van der Waals surface area contributed by atoms with E-state index in [0.717, 1.165) is 0 Å². The Hall–Kier alpha value is 0.611. The summed E-state index contributed by atoms with van der Waals surface area (Å²) in [5, 5.41) is 0. The monoisotopic (exact) mass is 274 g/mol. The van der Waals surface area contributed by atoms with Crippen molar-refractivity contribution < 1.29 is 4.43 Å². The first-order valence-corrected chi connectivity index (χ1v) is 17.0. The molecule has 0 aromatic rings. The predicted octanol–water partition coefficient (Wildman–Crippen LogP) is 2.05. The van der Waals surface area contributed by atoms with Crippen LogP contribution in [0, 0.1) is 0 Å². The highest BCUT2D eigenvalue weighted by atomic mass is 29.5. The van der Waals surface area contributed by atoms with Crippen LogP contribution in [0.5, 0.6) is 0 Å². The minimum atomic E-state index is -0.121. The second-order valence-electron chi connectivity index (χ2n) is 5.32. The van der Waals surface area contributed by atoms with Crippen LogP contribution in [-0.2, 0) is 4.43 Å². The molecule has 1 nitrogen and oxygen atoms in total. The van der Waals surface area contributed by atoms with Crippen LogP contribution in [0.1, 0.15) is 58.3 Å². The van der Waals surface area contributed by atoms with E-state index in [9.17, 15) is 0 Å². The summed E-state index contributed by atoms with van der Waals surface area (Å²) in [7, 11) is 0.415. The van der Waals surface area contributed by atoms with Gasteiger partial charge in [0.25, 0.3) is 0 Å². The zero-order valence-electron chi connectivity index (χ0n) is 11.2. The summed E-state index contributed by atoms with van der Waals surface area (Å²) in [5.41, 5.74) is 0. The van der Waals surface area contributed by atoms with Crippen LogP contribution in [0.3, 0.4) is 0 Å². The van der Waals surface area contributed by atoms with Gasteiger partial charge in [-0.1, -0.05) is 64.3 Å². The Morgan fingerprint density at radius 2 is 1.69 bits per heavy atom. The molecule has 96 valence electrons. The van der Waals surface area contributed by atoms with E-state index in [1.165, 1.54) is 51.6 Å². The van der Waals surface area contributed by atoms with E-state index < -0.39 is 0 Å². The third-order valence-corrected chi connectivity index (χ3v) is 23.7. The van der Waals surface area contributed by atoms with E-state index in [1.807, 2.05) is 0 Å². The van der Waals surface area contributed by atoms with Gasteiger partial charge in [0.15, 0.2) is 0 Å². The van der Waals surface area contributed by atoms with E-state index in [4.69, 9.17) is 4.43 Å². The first-order chi connectivity index (χ1) is 7.93. The second-order valence-corrected chi connectivity index (χ2v) is 21.2. The van der Waals surface area contributed by atoms with Crippen LogP contribution in [0.15, 0.2) is 0 Å². The number of rotatable bonds is 9. The minimum absolute atomic E-state index is 0.108. The van der Waals surface area contributed by atoms with Crippen molar-refractivity contribution in [2.75, 3.05) is 6.61 Å². The van der Waals surface area contributed by atoms with Crippen molar-refractivity contribution in [2.45, 2.75) is 70.4 Å². The zero-order valence-corrected chi connectivity index (χ0v) is 15.2. The topological polar surface area (TPSA) is 9.23 Å². The predicted molar refractivity (Wildman–Crippen MR) is 82.4 cm³/mol. The lowest BCUT2D eigenvalue weighted by molar-refractivity contribution is 0.366. The third-order valence-electron chi connectivity index (χ3n) is 3.81. The minimum Gasteiger partial charge on any atom is -0.428 e. The molecular formula is C12H30OSi3. The van der Waals surface area contributed by atoms with Gasteiger partial charge in [-0.15, -0.1) is 0 Å². The van der Waals surface area contributed by atoms with E-state index >= 15 is 0 Å². The summed E-state index contributed by atoms with van der Waals surface area (Å²) in [6.45, 7) is 3.47. The molecule has 1 atom stereocenters. The summed E-state index contributed by atoms with van der Waals surface area (Å²) < 4.78 is 5.62. The Labute approximate surface area is 108 Å². The normalized spacial score (nSPS) is 24.2. The van der Waals surface area contributed by atoms with E-state index in [0.29, 0.717) is 8.55 Å². The molecule has 0 aliphatic carbocycles. The van der Waals surface area contributed by atoms with Gasteiger partial charge in [-0.3, -0.25) is 0 Å². The van der Waals surface area contributed by atoms with Gasteiger partial charge >= 0.3 is 0 Å². The fraction of sp³-hybridized carbons (Fsp3) is 1.00. The zero-order chi connectivity index (χ0) is 11.5. The molecule has 1 heterocycles. The standard InChI is InChI=1S/C12H30OSi3/c1-2-3-4-5-6-7-8-9-11-16-12-10-13-14-15-16/h16H,2-12,14-15H2,1H3. The largest absolute Gasteiger partial charge is 0.428 e. The van der Waals surface area contributed by atoms with Crippen molar-refractivity contribution >= 4 is 26.1 Å². The lowest BCUT2D eigenvalue weighted by Gasteiger charge is -2.19. The van der Waals surface area contributed by atoms with Gasteiger partial charge in [-0.2, -0.15) is 0 Å². The van der Waals surface area contributed by atoms with Crippen LogP contribution >= 0.6 is 0 Å². The summed E-state index contributed by atoms with van der Waals surface area (Å²) in [6.07, 6.45) is 11.9. The highest BCUT2D eigenvalue weighted by Crippen LogP contribution is 2.12. The van der Waals surface area contributed by atoms with Crippen molar-refractivity contribution in [2.24, 2.45) is 0 Å². The Bertz CT molecular complexity index is 149. The molecule has 0 radical (unpaired) electrons. The van der Waals surface area contributed by atoms with Gasteiger partial charge in [-0.05, 0) is 6.04 Å². The molecule has 1 rings (SSSR count). The van der Waals surface area contributed by atoms with Crippen molar-refractivity contribution in [3.63, 3.8) is 0 Å². The molecule has 1 saturated heterocycles. The quantitative estimate of drug-likeness (QED) is 0.462. The van der Waals surface area contributed by atoms with Crippen LogP contribution in [0.2, 0.25) is 12.1 Å². The molecule has 1 aliphatic heterocycles. The van der Waals surface area contributed by atoms with E-state index in [-0.39, 0.29) is 17.6 Å². The third kappa shape index (κ3) is 7.81. The maximum atomic E-state index is 5.62. The molecular weight excluding hydrogens is 244 g/mol. The number of hydrogen-bond acceptors (Lipinski definition) is 1. The van der Waals surface area contributed by atoms with Crippen molar-refractivity contribution in [1.29, 1.82) is 0 Å². The fourth-order valence-electron chi connectivity index (χ4n) is 2.60. The molecule has 0 spiro atoms. The second kappa shape index (κ2) is 10.7. The molecule has 1 unspecified atom stereocenters. The average molecular weight is 275 g/mol. The molecule has 16 heavy (non-hydrogen) atoms. The Kier molecular flexibility index (Phi) is 9.85. The van der Waals surface area contributed by atoms with Gasteiger partial charge in [0.1, 0.15) is 9.28 Å². The molecule has 0 aromatic carbocycles. The first kappa shape index (κ1) is 14.7. The molecule has 0 saturated carbocycles. The summed E-state index contributed by atoms with van der Waals surface area (Å²) in [5.74, 6) is 0. The van der Waals surface area contributed by atoms with Gasteiger partial charge in [0.2, 0.25) is 0 Å². The molecule has 0 N–H and O–H groups in total. The van der Waals surface area contributed by atoms with Crippen LogP contribution < -0.4 is 0 Å². The van der Waals surface area contributed by atoms with Gasteiger partial charge in [-0.25, -0.2) is 0 Å². The Balaban J connectivity index is 1.77. The molecule has 1 aliphatic rings. The fourth-order valence-corrected chi connectivity index (χ4v) is 20.9. The molecule has 4 heteroatoms. The SMILES string of the molecule is CCCCCCCCCC[SiH]1CCO[SiH2][SiH2]1. The molecule has 0 bridgehead atoms. The van der Waals surface area contributed by atoms with Gasteiger partial charge in [0.05, 0.1) is 0 Å². The first-order valence-electron chi connectivity index (χ1n) is 7.51. The lowest BCUT2D eigenvalue weighted by atomic mass is 10.1. The number of hydrogen-bond donors (Lipinski definition) is 0. The van der Waals surface area contributed by atoms with Crippen molar-refractivity contribution in [3.05, 3.63) is 0 Å². The van der Waals surface area contributed by atoms with Crippen LogP contribution in [0.25, 0.3) is 0 Å². The summed E-state index contributed by atoms with van der Waals surface area (Å²) in [4.78, 5) is 0. The molecule has 1 fully saturated rings. The number of unbranched alkanes of at least 4 members (excludes halogenated alkanes) is 7. The van der Waals surface area contributed by atoms with Crippen LogP contribution in [-0.4, -0.2) is 32.8 Å². The molecule has 0 amide bonds. The van der Waals surface area contributed by atoms with E-state index in [2.05, 4.69) is 6.92 Å². The Morgan fingerprint density at radius 1 is 1.00 bits per heavy atom. The van der Waals surface area contributed by atoms with Gasteiger partial charge in [0, 0.05) is 23.5 Å². The van der Waals surface area contributed by atoms with E-state index in [1.54, 1.807) is 18.5 Å². The smallest absolute Gasteiger partial charge is 0.140 e. The summed E-state index contributed by atoms with van der Waals surface area (Å²) in [6, 6.07) is 3.24. The summed E-state index contributed by atoms with van der Waals surface area (Å²) >= 11 is 0. The molecule has 0 aromatic heterocycles. The van der Waals surface area contributed by atoms with Gasteiger partial charge < -0.3 is 4.43 Å². The highest BCUT2D eigenvalue weighted by molar-refractivity contribution is 7.35. The van der Waals surface area contributed by atoms with Crippen LogP contribution in [0.4, 0.5) is 0 Å².